The van der Waals surface area contributed by atoms with E-state index in [9.17, 15) is 0 Å². The first-order chi connectivity index (χ1) is 5.22. The second-order valence-corrected chi connectivity index (χ2v) is 4.01. The van der Waals surface area contributed by atoms with E-state index in [2.05, 4.69) is 34.7 Å². The predicted molar refractivity (Wildman–Crippen MR) is 56.9 cm³/mol. The average Bonchev–Trinajstić information content (AvgIpc) is 2.05. The molecule has 2 atom stereocenters. The molecule has 2 unspecified atom stereocenters. The van der Waals surface area contributed by atoms with Crippen LogP contribution < -0.4 is 5.73 Å². The van der Waals surface area contributed by atoms with E-state index in [0.29, 0.717) is 3.92 Å². The summed E-state index contributed by atoms with van der Waals surface area (Å²) in [5.41, 5.74) is 7.07. The maximum atomic E-state index is 5.76. The molecule has 0 saturated heterocycles. The largest absolute Gasteiger partial charge is 0.327 e. The summed E-state index contributed by atoms with van der Waals surface area (Å²) in [4.78, 5) is 0. The second-order valence-electron chi connectivity index (χ2n) is 2.67. The van der Waals surface area contributed by atoms with Crippen molar-refractivity contribution >= 4 is 22.6 Å². The van der Waals surface area contributed by atoms with Gasteiger partial charge < -0.3 is 5.73 Å². The van der Waals surface area contributed by atoms with Gasteiger partial charge in [0.1, 0.15) is 0 Å². The molecule has 11 heavy (non-hydrogen) atoms. The van der Waals surface area contributed by atoms with Gasteiger partial charge in [0.05, 0.1) is 3.92 Å². The van der Waals surface area contributed by atoms with Crippen molar-refractivity contribution in [2.75, 3.05) is 0 Å². The van der Waals surface area contributed by atoms with Crippen LogP contribution in [0, 0.1) is 0 Å². The van der Waals surface area contributed by atoms with E-state index < -0.39 is 0 Å². The van der Waals surface area contributed by atoms with Gasteiger partial charge in [0.2, 0.25) is 0 Å². The number of halogens is 1. The summed E-state index contributed by atoms with van der Waals surface area (Å²) in [6.45, 7) is 2.03. The highest BCUT2D eigenvalue weighted by Crippen LogP contribution is 2.25. The lowest BCUT2D eigenvalue weighted by atomic mass is 10.1. The SMILES string of the molecule is CC(N)C(I)c1ccccc1. The molecule has 0 radical (unpaired) electrons. The van der Waals surface area contributed by atoms with E-state index in [-0.39, 0.29) is 6.04 Å². The molecule has 0 aromatic heterocycles. The van der Waals surface area contributed by atoms with Gasteiger partial charge in [-0.1, -0.05) is 52.9 Å². The molecular formula is C9H12IN. The van der Waals surface area contributed by atoms with Gasteiger partial charge >= 0.3 is 0 Å². The third-order valence-corrected chi connectivity index (χ3v) is 3.43. The predicted octanol–water partition coefficient (Wildman–Crippen LogP) is 2.51. The molecule has 0 spiro atoms. The van der Waals surface area contributed by atoms with Gasteiger partial charge in [-0.05, 0) is 12.5 Å². The van der Waals surface area contributed by atoms with Crippen molar-refractivity contribution in [1.29, 1.82) is 0 Å². The summed E-state index contributed by atoms with van der Waals surface area (Å²) in [5.74, 6) is 0. The van der Waals surface area contributed by atoms with Gasteiger partial charge in [-0.15, -0.1) is 0 Å². The normalized spacial score (nSPS) is 15.9. The summed E-state index contributed by atoms with van der Waals surface area (Å²) >= 11 is 2.37. The lowest BCUT2D eigenvalue weighted by Crippen LogP contribution is -2.20. The molecule has 1 aromatic rings. The second kappa shape index (κ2) is 4.07. The fourth-order valence-corrected chi connectivity index (χ4v) is 1.36. The van der Waals surface area contributed by atoms with Crippen molar-refractivity contribution < 1.29 is 0 Å². The van der Waals surface area contributed by atoms with Crippen LogP contribution in [0.4, 0.5) is 0 Å². The Balaban J connectivity index is 2.77. The quantitative estimate of drug-likeness (QED) is 0.642. The van der Waals surface area contributed by atoms with Crippen LogP contribution in [-0.2, 0) is 0 Å². The highest BCUT2D eigenvalue weighted by molar-refractivity contribution is 14.1. The molecule has 60 valence electrons. The van der Waals surface area contributed by atoms with E-state index in [0.717, 1.165) is 0 Å². The fraction of sp³-hybridized carbons (Fsp3) is 0.333. The maximum absolute atomic E-state index is 5.76. The van der Waals surface area contributed by atoms with E-state index >= 15 is 0 Å². The van der Waals surface area contributed by atoms with Crippen LogP contribution in [-0.4, -0.2) is 6.04 Å². The minimum absolute atomic E-state index is 0.220. The Hall–Kier alpha value is -0.0900. The van der Waals surface area contributed by atoms with Gasteiger partial charge in [0, 0.05) is 6.04 Å². The van der Waals surface area contributed by atoms with Crippen molar-refractivity contribution in [3.05, 3.63) is 35.9 Å². The Morgan fingerprint density at radius 3 is 2.27 bits per heavy atom. The lowest BCUT2D eigenvalue weighted by Gasteiger charge is -2.13. The maximum Gasteiger partial charge on any atom is 0.0507 e. The minimum atomic E-state index is 0.220. The molecule has 0 aliphatic carbocycles. The molecule has 0 aliphatic heterocycles. The Labute approximate surface area is 81.1 Å². The zero-order chi connectivity index (χ0) is 8.27. The van der Waals surface area contributed by atoms with Crippen molar-refractivity contribution in [1.82, 2.24) is 0 Å². The molecule has 1 rings (SSSR count). The smallest absolute Gasteiger partial charge is 0.0507 e. The molecule has 0 amide bonds. The van der Waals surface area contributed by atoms with Gasteiger partial charge in [-0.2, -0.15) is 0 Å². The molecular weight excluding hydrogens is 249 g/mol. The van der Waals surface area contributed by atoms with Crippen LogP contribution in [0.1, 0.15) is 16.4 Å². The van der Waals surface area contributed by atoms with Gasteiger partial charge in [0.25, 0.3) is 0 Å². The molecule has 1 aromatic carbocycles. The van der Waals surface area contributed by atoms with Gasteiger partial charge in [-0.25, -0.2) is 0 Å². The minimum Gasteiger partial charge on any atom is -0.327 e. The van der Waals surface area contributed by atoms with Crippen molar-refractivity contribution in [3.63, 3.8) is 0 Å². The van der Waals surface area contributed by atoms with Crippen LogP contribution in [0.3, 0.4) is 0 Å². The number of hydrogen-bond acceptors (Lipinski definition) is 1. The third kappa shape index (κ3) is 2.45. The Bertz CT molecular complexity index is 208. The van der Waals surface area contributed by atoms with Crippen LogP contribution in [0.25, 0.3) is 0 Å². The number of benzene rings is 1. The van der Waals surface area contributed by atoms with Crippen LogP contribution in [0.15, 0.2) is 30.3 Å². The zero-order valence-electron chi connectivity index (χ0n) is 6.50. The number of alkyl halides is 1. The Morgan fingerprint density at radius 1 is 1.27 bits per heavy atom. The first-order valence-electron chi connectivity index (χ1n) is 3.66. The van der Waals surface area contributed by atoms with Crippen LogP contribution in [0.5, 0.6) is 0 Å². The van der Waals surface area contributed by atoms with Crippen molar-refractivity contribution in [2.24, 2.45) is 5.73 Å². The Morgan fingerprint density at radius 2 is 1.82 bits per heavy atom. The average molecular weight is 261 g/mol. The van der Waals surface area contributed by atoms with E-state index in [4.69, 9.17) is 5.73 Å². The molecule has 0 aliphatic rings. The highest BCUT2D eigenvalue weighted by atomic mass is 127. The molecule has 2 heteroatoms. The summed E-state index contributed by atoms with van der Waals surface area (Å²) in [6.07, 6.45) is 0. The Kier molecular flexibility index (Phi) is 3.33. The van der Waals surface area contributed by atoms with Gasteiger partial charge in [0.15, 0.2) is 0 Å². The topological polar surface area (TPSA) is 26.0 Å². The standard InChI is InChI=1S/C9H12IN/c1-7(11)9(10)8-5-3-2-4-6-8/h2-7,9H,11H2,1H3. The summed E-state index contributed by atoms with van der Waals surface area (Å²) < 4.78 is 0.425. The van der Waals surface area contributed by atoms with Gasteiger partial charge in [-0.3, -0.25) is 0 Å². The lowest BCUT2D eigenvalue weighted by molar-refractivity contribution is 0.742. The first-order valence-corrected chi connectivity index (χ1v) is 4.91. The third-order valence-electron chi connectivity index (χ3n) is 1.58. The molecule has 2 N–H and O–H groups in total. The summed E-state index contributed by atoms with van der Waals surface area (Å²) in [6, 6.07) is 10.6. The van der Waals surface area contributed by atoms with E-state index in [1.807, 2.05) is 25.1 Å². The van der Waals surface area contributed by atoms with Crippen LogP contribution in [0.2, 0.25) is 0 Å². The molecule has 0 fully saturated rings. The highest BCUT2D eigenvalue weighted by Gasteiger charge is 2.10. The van der Waals surface area contributed by atoms with Crippen LogP contribution >= 0.6 is 22.6 Å². The molecule has 0 bridgehead atoms. The number of nitrogens with two attached hydrogens (primary N) is 1. The summed E-state index contributed by atoms with van der Waals surface area (Å²) in [7, 11) is 0. The van der Waals surface area contributed by atoms with E-state index in [1.54, 1.807) is 0 Å². The number of hydrogen-bond donors (Lipinski definition) is 1. The monoisotopic (exact) mass is 261 g/mol. The van der Waals surface area contributed by atoms with Crippen molar-refractivity contribution in [2.45, 2.75) is 16.9 Å². The molecule has 0 saturated carbocycles. The molecule has 1 nitrogen and oxygen atoms in total. The van der Waals surface area contributed by atoms with E-state index in [1.165, 1.54) is 5.56 Å². The number of rotatable bonds is 2. The zero-order valence-corrected chi connectivity index (χ0v) is 8.65. The molecule has 0 heterocycles. The van der Waals surface area contributed by atoms with Crippen molar-refractivity contribution in [3.8, 4) is 0 Å². The summed E-state index contributed by atoms with van der Waals surface area (Å²) in [5, 5.41) is 0. The fourth-order valence-electron chi connectivity index (χ4n) is 0.940. The first kappa shape index (κ1) is 9.00.